The van der Waals surface area contributed by atoms with Gasteiger partial charge >= 0.3 is 5.82 Å². The van der Waals surface area contributed by atoms with Crippen molar-refractivity contribution in [3.05, 3.63) is 28.6 Å². The van der Waals surface area contributed by atoms with E-state index in [1.54, 1.807) is 6.07 Å². The molecule has 0 atom stereocenters. The number of fused-ring (bicyclic) bond motifs is 1. The largest absolute Gasteiger partial charge is 0.366 e. The highest BCUT2D eigenvalue weighted by molar-refractivity contribution is 5.70. The Hall–Kier alpha value is -1.98. The Bertz CT molecular complexity index is 436. The van der Waals surface area contributed by atoms with Crippen molar-refractivity contribution < 1.29 is 4.92 Å². The maximum atomic E-state index is 10.3. The van der Waals surface area contributed by atoms with Crippen LogP contribution < -0.4 is 0 Å². The Kier molecular flexibility index (Phi) is 1.26. The lowest BCUT2D eigenvalue weighted by molar-refractivity contribution is -0.389. The van der Waals surface area contributed by atoms with Gasteiger partial charge in [0.05, 0.1) is 6.33 Å². The Morgan fingerprint density at radius 1 is 1.50 bits per heavy atom. The van der Waals surface area contributed by atoms with Crippen LogP contribution in [0.1, 0.15) is 0 Å². The molecule has 0 saturated heterocycles. The smallest absolute Gasteiger partial charge is 0.358 e. The van der Waals surface area contributed by atoms with Crippen LogP contribution in [0.25, 0.3) is 11.2 Å². The number of nitrogens with one attached hydrogen (secondary N) is 1. The van der Waals surface area contributed by atoms with E-state index in [2.05, 4.69) is 15.0 Å². The minimum Gasteiger partial charge on any atom is -0.358 e. The van der Waals surface area contributed by atoms with E-state index in [0.717, 1.165) is 0 Å². The lowest BCUT2D eigenvalue weighted by atomic mass is 10.4. The van der Waals surface area contributed by atoms with Crippen molar-refractivity contribution in [1.29, 1.82) is 0 Å². The number of imidazole rings is 1. The van der Waals surface area contributed by atoms with Crippen LogP contribution >= 0.6 is 0 Å². The Morgan fingerprint density at radius 2 is 2.33 bits per heavy atom. The Labute approximate surface area is 66.4 Å². The van der Waals surface area contributed by atoms with Crippen molar-refractivity contribution >= 4 is 17.0 Å². The molecule has 0 aliphatic heterocycles. The molecule has 2 rings (SSSR count). The number of hydrogen-bond acceptors (Lipinski definition) is 4. The third kappa shape index (κ3) is 0.895. The molecule has 12 heavy (non-hydrogen) atoms. The van der Waals surface area contributed by atoms with E-state index in [0.29, 0.717) is 11.2 Å². The number of rotatable bonds is 1. The van der Waals surface area contributed by atoms with E-state index in [1.807, 2.05) is 0 Å². The highest BCUT2D eigenvalue weighted by Gasteiger charge is 2.09. The first-order valence-electron chi connectivity index (χ1n) is 3.22. The maximum Gasteiger partial charge on any atom is 0.366 e. The molecule has 2 aromatic rings. The number of nitrogens with zero attached hydrogens (tertiary/aromatic N) is 3. The number of pyridine rings is 1. The second-order valence-corrected chi connectivity index (χ2v) is 2.20. The molecule has 0 spiro atoms. The number of nitro groups is 1. The molecule has 2 aromatic heterocycles. The number of H-pyrrole nitrogens is 1. The van der Waals surface area contributed by atoms with Gasteiger partial charge in [0.2, 0.25) is 0 Å². The van der Waals surface area contributed by atoms with Gasteiger partial charge < -0.3 is 15.1 Å². The molecule has 0 aromatic carbocycles. The van der Waals surface area contributed by atoms with E-state index in [1.165, 1.54) is 12.4 Å². The summed E-state index contributed by atoms with van der Waals surface area (Å²) in [5.74, 6) is -0.186. The maximum absolute atomic E-state index is 10.3. The molecule has 60 valence electrons. The number of aromatic amines is 1. The summed E-state index contributed by atoms with van der Waals surface area (Å²) >= 11 is 0. The molecule has 2 heterocycles. The zero-order valence-corrected chi connectivity index (χ0v) is 5.89. The molecular weight excluding hydrogens is 160 g/mol. The highest BCUT2D eigenvalue weighted by atomic mass is 16.6. The first-order valence-corrected chi connectivity index (χ1v) is 3.22. The van der Waals surface area contributed by atoms with Crippen LogP contribution in [0.2, 0.25) is 0 Å². The fourth-order valence-corrected chi connectivity index (χ4v) is 0.914. The van der Waals surface area contributed by atoms with Crippen LogP contribution in [-0.2, 0) is 0 Å². The summed E-state index contributed by atoms with van der Waals surface area (Å²) in [5, 5.41) is 10.3. The third-order valence-electron chi connectivity index (χ3n) is 1.45. The fourth-order valence-electron chi connectivity index (χ4n) is 0.914. The van der Waals surface area contributed by atoms with Gasteiger partial charge in [-0.3, -0.25) is 0 Å². The number of aromatic nitrogens is 3. The van der Waals surface area contributed by atoms with Crippen LogP contribution in [-0.4, -0.2) is 19.9 Å². The predicted octanol–water partition coefficient (Wildman–Crippen LogP) is 0.866. The second-order valence-electron chi connectivity index (χ2n) is 2.20. The number of hydrogen-bond donors (Lipinski definition) is 1. The molecule has 0 fully saturated rings. The molecule has 0 aliphatic rings. The van der Waals surface area contributed by atoms with Gasteiger partial charge in [0, 0.05) is 6.07 Å². The van der Waals surface area contributed by atoms with Gasteiger partial charge in [0.15, 0.2) is 0 Å². The molecule has 0 saturated carbocycles. The predicted molar refractivity (Wildman–Crippen MR) is 40.5 cm³/mol. The lowest BCUT2D eigenvalue weighted by Crippen LogP contribution is -1.91. The zero-order valence-electron chi connectivity index (χ0n) is 5.89. The Balaban J connectivity index is 2.68. The lowest BCUT2D eigenvalue weighted by Gasteiger charge is -1.88. The average molecular weight is 164 g/mol. The molecule has 6 nitrogen and oxygen atoms in total. The van der Waals surface area contributed by atoms with E-state index in [9.17, 15) is 10.1 Å². The quantitative estimate of drug-likeness (QED) is 0.500. The second kappa shape index (κ2) is 2.26. The third-order valence-corrected chi connectivity index (χ3v) is 1.45. The van der Waals surface area contributed by atoms with Crippen molar-refractivity contribution in [2.45, 2.75) is 0 Å². The summed E-state index contributed by atoms with van der Waals surface area (Å²) in [4.78, 5) is 20.0. The average Bonchev–Trinajstić information content (AvgIpc) is 2.49. The molecule has 0 radical (unpaired) electrons. The first-order chi connectivity index (χ1) is 5.77. The van der Waals surface area contributed by atoms with Gasteiger partial charge in [-0.1, -0.05) is 0 Å². The van der Waals surface area contributed by atoms with Crippen LogP contribution in [0.3, 0.4) is 0 Å². The van der Waals surface area contributed by atoms with Crippen molar-refractivity contribution in [2.24, 2.45) is 0 Å². The molecule has 0 aliphatic carbocycles. The van der Waals surface area contributed by atoms with E-state index < -0.39 is 4.92 Å². The first kappa shape index (κ1) is 6.71. The zero-order chi connectivity index (χ0) is 8.55. The van der Waals surface area contributed by atoms with Crippen molar-refractivity contribution in [1.82, 2.24) is 15.0 Å². The van der Waals surface area contributed by atoms with Gasteiger partial charge in [-0.15, -0.1) is 0 Å². The Morgan fingerprint density at radius 3 is 3.08 bits per heavy atom. The molecular formula is C6H4N4O2. The molecule has 0 amide bonds. The normalized spacial score (nSPS) is 10.3. The van der Waals surface area contributed by atoms with Gasteiger partial charge in [-0.05, 0) is 16.0 Å². The van der Waals surface area contributed by atoms with Crippen LogP contribution in [0.15, 0.2) is 18.5 Å². The molecule has 0 bridgehead atoms. The van der Waals surface area contributed by atoms with Crippen LogP contribution in [0.5, 0.6) is 0 Å². The van der Waals surface area contributed by atoms with Gasteiger partial charge in [-0.25, -0.2) is 0 Å². The fraction of sp³-hybridized carbons (Fsp3) is 0. The van der Waals surface area contributed by atoms with Crippen LogP contribution in [0, 0.1) is 10.1 Å². The minimum absolute atomic E-state index is 0.186. The summed E-state index contributed by atoms with van der Waals surface area (Å²) in [7, 11) is 0. The summed E-state index contributed by atoms with van der Waals surface area (Å²) < 4.78 is 0. The SMILES string of the molecule is O=[N+]([O-])c1ccc2[nH]cnc2n1. The molecule has 1 N–H and O–H groups in total. The van der Waals surface area contributed by atoms with E-state index >= 15 is 0 Å². The highest BCUT2D eigenvalue weighted by Crippen LogP contribution is 2.11. The van der Waals surface area contributed by atoms with E-state index in [4.69, 9.17) is 0 Å². The topological polar surface area (TPSA) is 84.7 Å². The van der Waals surface area contributed by atoms with Crippen molar-refractivity contribution in [2.75, 3.05) is 0 Å². The minimum atomic E-state index is -0.547. The van der Waals surface area contributed by atoms with E-state index in [-0.39, 0.29) is 5.82 Å². The van der Waals surface area contributed by atoms with Gasteiger partial charge in [-0.2, -0.15) is 4.98 Å². The standard InChI is InChI=1S/C6H4N4O2/c11-10(12)5-2-1-4-6(9-5)8-3-7-4/h1-3H,(H,7,8,9). The van der Waals surface area contributed by atoms with Crippen molar-refractivity contribution in [3.8, 4) is 0 Å². The summed E-state index contributed by atoms with van der Waals surface area (Å²) in [6, 6.07) is 2.91. The molecule has 6 heteroatoms. The van der Waals surface area contributed by atoms with Crippen LogP contribution in [0.4, 0.5) is 5.82 Å². The summed E-state index contributed by atoms with van der Waals surface area (Å²) in [6.07, 6.45) is 1.45. The summed E-state index contributed by atoms with van der Waals surface area (Å²) in [6.45, 7) is 0. The monoisotopic (exact) mass is 164 g/mol. The van der Waals surface area contributed by atoms with Crippen molar-refractivity contribution in [3.63, 3.8) is 0 Å². The summed E-state index contributed by atoms with van der Waals surface area (Å²) in [5.41, 5.74) is 1.06. The molecule has 0 unspecified atom stereocenters. The van der Waals surface area contributed by atoms with Gasteiger partial charge in [0.25, 0.3) is 5.65 Å². The van der Waals surface area contributed by atoms with Gasteiger partial charge in [0.1, 0.15) is 5.52 Å².